The number of anilines is 1. The average molecular weight is 336 g/mol. The molecule has 2 aromatic heterocycles. The van der Waals surface area contributed by atoms with E-state index in [0.29, 0.717) is 11.4 Å². The number of aliphatic carboxylic acids is 1. The SMILES string of the molecule is O=C(O)CCc1cn(C2CCN(c3ncccc3Cl)CC2)nn1. The van der Waals surface area contributed by atoms with E-state index in [1.54, 1.807) is 6.20 Å². The van der Waals surface area contributed by atoms with E-state index in [1.165, 1.54) is 0 Å². The lowest BCUT2D eigenvalue weighted by molar-refractivity contribution is -0.136. The predicted octanol–water partition coefficient (Wildman–Crippen LogP) is 2.19. The minimum absolute atomic E-state index is 0.0787. The number of nitrogens with zero attached hydrogens (tertiary/aromatic N) is 5. The minimum Gasteiger partial charge on any atom is -0.481 e. The molecule has 3 rings (SSSR count). The summed E-state index contributed by atoms with van der Waals surface area (Å²) >= 11 is 6.19. The number of carboxylic acid groups (broad SMARTS) is 1. The molecule has 1 saturated heterocycles. The van der Waals surface area contributed by atoms with Crippen molar-refractivity contribution in [2.75, 3.05) is 18.0 Å². The van der Waals surface area contributed by atoms with Gasteiger partial charge < -0.3 is 10.0 Å². The summed E-state index contributed by atoms with van der Waals surface area (Å²) in [5, 5.41) is 17.6. The summed E-state index contributed by atoms with van der Waals surface area (Å²) in [6.45, 7) is 1.71. The summed E-state index contributed by atoms with van der Waals surface area (Å²) in [4.78, 5) is 17.1. The number of pyridine rings is 1. The van der Waals surface area contributed by atoms with Crippen LogP contribution in [0.4, 0.5) is 5.82 Å². The molecule has 0 saturated carbocycles. The molecular weight excluding hydrogens is 318 g/mol. The second-order valence-corrected chi connectivity index (χ2v) is 6.02. The number of piperidine rings is 1. The van der Waals surface area contributed by atoms with E-state index in [2.05, 4.69) is 20.2 Å². The zero-order chi connectivity index (χ0) is 16.2. The van der Waals surface area contributed by atoms with Gasteiger partial charge in [-0.1, -0.05) is 16.8 Å². The Morgan fingerprint density at radius 3 is 2.87 bits per heavy atom. The molecular formula is C15H18ClN5O2. The van der Waals surface area contributed by atoms with Gasteiger partial charge in [0.2, 0.25) is 0 Å². The van der Waals surface area contributed by atoms with Crippen molar-refractivity contribution in [2.45, 2.75) is 31.7 Å². The number of hydrogen-bond donors (Lipinski definition) is 1. The van der Waals surface area contributed by atoms with Crippen molar-refractivity contribution in [3.8, 4) is 0 Å². The van der Waals surface area contributed by atoms with Crippen molar-refractivity contribution in [2.24, 2.45) is 0 Å². The Bertz CT molecular complexity index is 682. The first-order valence-corrected chi connectivity index (χ1v) is 7.99. The van der Waals surface area contributed by atoms with Crippen LogP contribution in [0, 0.1) is 0 Å². The third kappa shape index (κ3) is 3.79. The van der Waals surface area contributed by atoms with Gasteiger partial charge in [0.15, 0.2) is 0 Å². The zero-order valence-corrected chi connectivity index (χ0v) is 13.4. The smallest absolute Gasteiger partial charge is 0.303 e. The van der Waals surface area contributed by atoms with E-state index in [0.717, 1.165) is 37.4 Å². The first kappa shape index (κ1) is 15.7. The second-order valence-electron chi connectivity index (χ2n) is 5.61. The summed E-state index contributed by atoms with van der Waals surface area (Å²) in [7, 11) is 0. The first-order chi connectivity index (χ1) is 11.1. The lowest BCUT2D eigenvalue weighted by Gasteiger charge is -2.33. The van der Waals surface area contributed by atoms with Gasteiger partial charge in [0.25, 0.3) is 0 Å². The Morgan fingerprint density at radius 2 is 2.17 bits per heavy atom. The molecule has 1 aliphatic rings. The van der Waals surface area contributed by atoms with E-state index < -0.39 is 5.97 Å². The van der Waals surface area contributed by atoms with E-state index in [1.807, 2.05) is 23.0 Å². The molecule has 0 aliphatic carbocycles. The molecule has 7 nitrogen and oxygen atoms in total. The highest BCUT2D eigenvalue weighted by Crippen LogP contribution is 2.29. The lowest BCUT2D eigenvalue weighted by atomic mass is 10.1. The van der Waals surface area contributed by atoms with Crippen LogP contribution in [0.2, 0.25) is 5.02 Å². The summed E-state index contributed by atoms with van der Waals surface area (Å²) in [6.07, 6.45) is 5.95. The van der Waals surface area contributed by atoms with Gasteiger partial charge in [-0.15, -0.1) is 5.10 Å². The lowest BCUT2D eigenvalue weighted by Crippen LogP contribution is -2.35. The minimum atomic E-state index is -0.819. The fourth-order valence-electron chi connectivity index (χ4n) is 2.79. The van der Waals surface area contributed by atoms with Crippen LogP contribution in [0.5, 0.6) is 0 Å². The van der Waals surface area contributed by atoms with Gasteiger partial charge in [-0.05, 0) is 25.0 Å². The standard InChI is InChI=1S/C15H18ClN5O2/c16-13-2-1-7-17-15(13)20-8-5-12(6-9-20)21-10-11(18-19-21)3-4-14(22)23/h1-2,7,10,12H,3-6,8-9H2,(H,22,23). The number of rotatable bonds is 5. The third-order valence-electron chi connectivity index (χ3n) is 4.03. The number of carbonyl (C=O) groups is 1. The molecule has 8 heteroatoms. The number of halogens is 1. The van der Waals surface area contributed by atoms with Gasteiger partial charge in [0.1, 0.15) is 5.82 Å². The summed E-state index contributed by atoms with van der Waals surface area (Å²) in [5.74, 6) is 0.00783. The van der Waals surface area contributed by atoms with E-state index >= 15 is 0 Å². The number of carboxylic acids is 1. The van der Waals surface area contributed by atoms with Gasteiger partial charge >= 0.3 is 5.97 Å². The maximum absolute atomic E-state index is 10.6. The van der Waals surface area contributed by atoms with Gasteiger partial charge in [0, 0.05) is 31.9 Å². The van der Waals surface area contributed by atoms with Crippen molar-refractivity contribution in [3.63, 3.8) is 0 Å². The predicted molar refractivity (Wildman–Crippen MR) is 85.7 cm³/mol. The number of hydrogen-bond acceptors (Lipinski definition) is 5. The molecule has 0 amide bonds. The van der Waals surface area contributed by atoms with E-state index in [9.17, 15) is 4.79 Å². The van der Waals surface area contributed by atoms with E-state index in [4.69, 9.17) is 16.7 Å². The summed E-state index contributed by atoms with van der Waals surface area (Å²) < 4.78 is 1.86. The van der Waals surface area contributed by atoms with Gasteiger partial charge in [0.05, 0.1) is 23.2 Å². The van der Waals surface area contributed by atoms with Crippen molar-refractivity contribution in [1.82, 2.24) is 20.0 Å². The summed E-state index contributed by atoms with van der Waals surface area (Å²) in [5.41, 5.74) is 0.725. The highest BCUT2D eigenvalue weighted by molar-refractivity contribution is 6.32. The van der Waals surface area contributed by atoms with Crippen LogP contribution in [-0.2, 0) is 11.2 Å². The topological polar surface area (TPSA) is 84.1 Å². The maximum atomic E-state index is 10.6. The molecule has 1 N–H and O–H groups in total. The number of aromatic nitrogens is 4. The van der Waals surface area contributed by atoms with Crippen molar-refractivity contribution in [1.29, 1.82) is 0 Å². The van der Waals surface area contributed by atoms with Crippen molar-refractivity contribution < 1.29 is 9.90 Å². The highest BCUT2D eigenvalue weighted by Gasteiger charge is 2.23. The normalized spacial score (nSPS) is 15.8. The largest absolute Gasteiger partial charge is 0.481 e. The zero-order valence-electron chi connectivity index (χ0n) is 12.6. The summed E-state index contributed by atoms with van der Waals surface area (Å²) in [6, 6.07) is 3.95. The monoisotopic (exact) mass is 335 g/mol. The second kappa shape index (κ2) is 6.95. The Hall–Kier alpha value is -2.15. The van der Waals surface area contributed by atoms with Gasteiger partial charge in [-0.2, -0.15) is 0 Å². The van der Waals surface area contributed by atoms with Gasteiger partial charge in [-0.3, -0.25) is 4.79 Å². The Balaban J connectivity index is 1.59. The van der Waals surface area contributed by atoms with Crippen LogP contribution >= 0.6 is 11.6 Å². The van der Waals surface area contributed by atoms with Crippen molar-refractivity contribution >= 4 is 23.4 Å². The fraction of sp³-hybridized carbons (Fsp3) is 0.467. The fourth-order valence-corrected chi connectivity index (χ4v) is 3.03. The molecule has 0 bridgehead atoms. The number of aryl methyl sites for hydroxylation is 1. The molecule has 0 spiro atoms. The van der Waals surface area contributed by atoms with Crippen molar-refractivity contribution in [3.05, 3.63) is 35.2 Å². The molecule has 0 radical (unpaired) electrons. The first-order valence-electron chi connectivity index (χ1n) is 7.61. The highest BCUT2D eigenvalue weighted by atomic mass is 35.5. The molecule has 0 unspecified atom stereocenters. The Morgan fingerprint density at radius 1 is 1.39 bits per heavy atom. The third-order valence-corrected chi connectivity index (χ3v) is 4.32. The molecule has 0 aromatic carbocycles. The van der Waals surface area contributed by atoms with Crippen LogP contribution in [0.1, 0.15) is 31.0 Å². The quantitative estimate of drug-likeness (QED) is 0.901. The molecule has 23 heavy (non-hydrogen) atoms. The molecule has 3 heterocycles. The van der Waals surface area contributed by atoms with E-state index in [-0.39, 0.29) is 12.5 Å². The van der Waals surface area contributed by atoms with Crippen LogP contribution in [0.15, 0.2) is 24.5 Å². The molecule has 1 fully saturated rings. The Kier molecular flexibility index (Phi) is 4.76. The molecule has 2 aromatic rings. The average Bonchev–Trinajstić information content (AvgIpc) is 3.03. The van der Waals surface area contributed by atoms with Crippen LogP contribution in [0.25, 0.3) is 0 Å². The van der Waals surface area contributed by atoms with Crippen LogP contribution in [-0.4, -0.2) is 44.1 Å². The maximum Gasteiger partial charge on any atom is 0.303 e. The van der Waals surface area contributed by atoms with Crippen LogP contribution in [0.3, 0.4) is 0 Å². The molecule has 1 aliphatic heterocycles. The van der Waals surface area contributed by atoms with Crippen LogP contribution < -0.4 is 4.90 Å². The molecule has 122 valence electrons. The Labute approximate surface area is 138 Å². The molecule has 0 atom stereocenters. The van der Waals surface area contributed by atoms with Gasteiger partial charge in [-0.25, -0.2) is 9.67 Å².